The Morgan fingerprint density at radius 2 is 2.12 bits per heavy atom. The van der Waals surface area contributed by atoms with Gasteiger partial charge < -0.3 is 5.32 Å². The third kappa shape index (κ3) is 3.75. The van der Waals surface area contributed by atoms with E-state index in [1.54, 1.807) is 30.6 Å². The summed E-state index contributed by atoms with van der Waals surface area (Å²) < 4.78 is 0. The van der Waals surface area contributed by atoms with Gasteiger partial charge in [0.15, 0.2) is 0 Å². The van der Waals surface area contributed by atoms with Crippen molar-refractivity contribution in [3.05, 3.63) is 68.9 Å². The predicted octanol–water partition coefficient (Wildman–Crippen LogP) is 4.75. The molecule has 122 valence electrons. The van der Waals surface area contributed by atoms with E-state index in [-0.39, 0.29) is 5.91 Å². The summed E-state index contributed by atoms with van der Waals surface area (Å²) in [5.74, 6) is -0.175. The monoisotopic (exact) mass is 377 g/mol. The van der Waals surface area contributed by atoms with Crippen molar-refractivity contribution in [3.63, 3.8) is 0 Å². The lowest BCUT2D eigenvalue weighted by atomic mass is 10.2. The maximum Gasteiger partial charge on any atom is 0.263 e. The molecule has 0 saturated heterocycles. The van der Waals surface area contributed by atoms with Crippen molar-refractivity contribution in [2.75, 3.05) is 0 Å². The summed E-state index contributed by atoms with van der Waals surface area (Å²) in [4.78, 5) is 21.6. The van der Waals surface area contributed by atoms with Gasteiger partial charge in [-0.25, -0.2) is 4.98 Å². The molecule has 0 aliphatic heterocycles. The van der Waals surface area contributed by atoms with Crippen molar-refractivity contribution in [1.29, 1.82) is 0 Å². The molecule has 4 nitrogen and oxygen atoms in total. The van der Waals surface area contributed by atoms with E-state index in [0.29, 0.717) is 27.2 Å². The molecule has 0 aliphatic carbocycles. The number of aryl methyl sites for hydroxylation is 1. The number of thiazole rings is 1. The average molecular weight is 378 g/mol. The van der Waals surface area contributed by atoms with Gasteiger partial charge in [-0.15, -0.1) is 11.3 Å². The first-order chi connectivity index (χ1) is 11.5. The number of hydrogen-bond acceptors (Lipinski definition) is 4. The summed E-state index contributed by atoms with van der Waals surface area (Å²) in [5, 5.41) is 4.73. The van der Waals surface area contributed by atoms with Crippen LogP contribution in [0.5, 0.6) is 0 Å². The summed E-state index contributed by atoms with van der Waals surface area (Å²) in [6.07, 6.45) is 3.43. The van der Waals surface area contributed by atoms with E-state index in [1.807, 2.05) is 19.1 Å². The van der Waals surface area contributed by atoms with E-state index in [0.717, 1.165) is 16.1 Å². The number of rotatable bonds is 4. The van der Waals surface area contributed by atoms with E-state index in [2.05, 4.69) is 15.3 Å². The van der Waals surface area contributed by atoms with E-state index < -0.39 is 0 Å². The van der Waals surface area contributed by atoms with Gasteiger partial charge in [0.25, 0.3) is 5.91 Å². The highest BCUT2D eigenvalue weighted by atomic mass is 35.5. The van der Waals surface area contributed by atoms with Gasteiger partial charge in [0.2, 0.25) is 0 Å². The van der Waals surface area contributed by atoms with Gasteiger partial charge in [0.05, 0.1) is 5.69 Å². The van der Waals surface area contributed by atoms with Crippen LogP contribution in [-0.4, -0.2) is 15.9 Å². The molecular weight excluding hydrogens is 365 g/mol. The molecule has 0 radical (unpaired) electrons. The van der Waals surface area contributed by atoms with Crippen LogP contribution in [0.1, 0.15) is 20.9 Å². The Bertz CT molecular complexity index is 881. The molecule has 3 rings (SSSR count). The number of nitrogens with zero attached hydrogens (tertiary/aromatic N) is 2. The number of hydrogen-bond donors (Lipinski definition) is 1. The number of pyridine rings is 1. The molecule has 2 aromatic heterocycles. The van der Waals surface area contributed by atoms with Crippen LogP contribution in [0.25, 0.3) is 10.6 Å². The molecule has 0 atom stereocenters. The van der Waals surface area contributed by atoms with Gasteiger partial charge in [-0.3, -0.25) is 9.78 Å². The highest BCUT2D eigenvalue weighted by Gasteiger charge is 2.16. The molecule has 1 amide bonds. The van der Waals surface area contributed by atoms with Crippen LogP contribution in [0.2, 0.25) is 10.0 Å². The fourth-order valence-electron chi connectivity index (χ4n) is 2.14. The summed E-state index contributed by atoms with van der Waals surface area (Å²) >= 11 is 13.3. The summed E-state index contributed by atoms with van der Waals surface area (Å²) in [7, 11) is 0. The topological polar surface area (TPSA) is 54.9 Å². The second-order valence-corrected chi connectivity index (χ2v) is 6.94. The molecule has 0 spiro atoms. The Balaban J connectivity index is 1.75. The third-order valence-electron chi connectivity index (χ3n) is 3.37. The minimum atomic E-state index is -0.175. The third-order valence-corrected chi connectivity index (χ3v) is 5.16. The maximum atomic E-state index is 12.4. The Hall–Kier alpha value is -1.95. The quantitative estimate of drug-likeness (QED) is 0.713. The fourth-order valence-corrected chi connectivity index (χ4v) is 3.59. The predicted molar refractivity (Wildman–Crippen MR) is 97.7 cm³/mol. The molecule has 1 N–H and O–H groups in total. The zero-order valence-corrected chi connectivity index (χ0v) is 15.0. The minimum Gasteiger partial charge on any atom is -0.347 e. The molecule has 0 aliphatic rings. The molecule has 0 saturated carbocycles. The number of carbonyl (C=O) groups excluding carboxylic acids is 1. The molecular formula is C17H13Cl2N3OS. The van der Waals surface area contributed by atoms with Gasteiger partial charge in [-0.05, 0) is 36.8 Å². The Morgan fingerprint density at radius 1 is 1.29 bits per heavy atom. The second-order valence-electron chi connectivity index (χ2n) is 5.09. The van der Waals surface area contributed by atoms with Crippen molar-refractivity contribution < 1.29 is 4.79 Å². The lowest BCUT2D eigenvalue weighted by molar-refractivity contribution is 0.0954. The van der Waals surface area contributed by atoms with Crippen LogP contribution < -0.4 is 5.32 Å². The lowest BCUT2D eigenvalue weighted by Gasteiger charge is -2.06. The van der Waals surface area contributed by atoms with Gasteiger partial charge in [-0.1, -0.05) is 29.3 Å². The summed E-state index contributed by atoms with van der Waals surface area (Å²) in [6.45, 7) is 2.15. The SMILES string of the molecule is Cc1nc(-c2cccnc2)sc1C(=O)NCc1ccc(Cl)cc1Cl. The Kier molecular flexibility index (Phi) is 5.14. The number of halogens is 2. The van der Waals surface area contributed by atoms with Crippen molar-refractivity contribution in [1.82, 2.24) is 15.3 Å². The van der Waals surface area contributed by atoms with Gasteiger partial charge >= 0.3 is 0 Å². The van der Waals surface area contributed by atoms with Crippen LogP contribution in [0.15, 0.2) is 42.7 Å². The smallest absolute Gasteiger partial charge is 0.263 e. The lowest BCUT2D eigenvalue weighted by Crippen LogP contribution is -2.22. The van der Waals surface area contributed by atoms with Crippen LogP contribution >= 0.6 is 34.5 Å². The van der Waals surface area contributed by atoms with Crippen molar-refractivity contribution >= 4 is 40.4 Å². The van der Waals surface area contributed by atoms with Crippen LogP contribution in [0, 0.1) is 6.92 Å². The van der Waals surface area contributed by atoms with Crippen molar-refractivity contribution in [3.8, 4) is 10.6 Å². The van der Waals surface area contributed by atoms with Gasteiger partial charge in [0.1, 0.15) is 9.88 Å². The highest BCUT2D eigenvalue weighted by molar-refractivity contribution is 7.17. The first-order valence-electron chi connectivity index (χ1n) is 7.14. The number of amides is 1. The molecule has 0 bridgehead atoms. The first-order valence-corrected chi connectivity index (χ1v) is 8.72. The second kappa shape index (κ2) is 7.30. The number of carbonyl (C=O) groups is 1. The number of aromatic nitrogens is 2. The Labute approximate surface area is 153 Å². The summed E-state index contributed by atoms with van der Waals surface area (Å²) in [5.41, 5.74) is 2.40. The van der Waals surface area contributed by atoms with E-state index in [9.17, 15) is 4.79 Å². The zero-order chi connectivity index (χ0) is 17.1. The molecule has 3 aromatic rings. The fraction of sp³-hybridized carbons (Fsp3) is 0.118. The summed E-state index contributed by atoms with van der Waals surface area (Å²) in [6, 6.07) is 8.96. The molecule has 24 heavy (non-hydrogen) atoms. The Morgan fingerprint density at radius 3 is 2.83 bits per heavy atom. The molecule has 7 heteroatoms. The highest BCUT2D eigenvalue weighted by Crippen LogP contribution is 2.27. The minimum absolute atomic E-state index is 0.175. The first kappa shape index (κ1) is 16.9. The van der Waals surface area contributed by atoms with Crippen molar-refractivity contribution in [2.45, 2.75) is 13.5 Å². The molecule has 1 aromatic carbocycles. The molecule has 0 unspecified atom stereocenters. The standard InChI is InChI=1S/C17H13Cl2N3OS/c1-10-15(24-17(22-10)12-3-2-6-20-8-12)16(23)21-9-11-4-5-13(18)7-14(11)19/h2-8H,9H2,1H3,(H,21,23). The van der Waals surface area contributed by atoms with Crippen LogP contribution in [-0.2, 0) is 6.54 Å². The molecule has 0 fully saturated rings. The zero-order valence-electron chi connectivity index (χ0n) is 12.7. The van der Waals surface area contributed by atoms with Crippen LogP contribution in [0.3, 0.4) is 0 Å². The van der Waals surface area contributed by atoms with E-state index >= 15 is 0 Å². The molecule has 2 heterocycles. The van der Waals surface area contributed by atoms with E-state index in [4.69, 9.17) is 23.2 Å². The van der Waals surface area contributed by atoms with Crippen molar-refractivity contribution in [2.24, 2.45) is 0 Å². The maximum absolute atomic E-state index is 12.4. The number of benzene rings is 1. The van der Waals surface area contributed by atoms with Gasteiger partial charge in [-0.2, -0.15) is 0 Å². The number of nitrogens with one attached hydrogen (secondary N) is 1. The normalized spacial score (nSPS) is 10.6. The van der Waals surface area contributed by atoms with Gasteiger partial charge in [0, 0.05) is 34.5 Å². The van der Waals surface area contributed by atoms with Crippen LogP contribution in [0.4, 0.5) is 0 Å². The van der Waals surface area contributed by atoms with E-state index in [1.165, 1.54) is 11.3 Å². The average Bonchev–Trinajstić information content (AvgIpc) is 2.96. The largest absolute Gasteiger partial charge is 0.347 e.